The van der Waals surface area contributed by atoms with Crippen LogP contribution in [0.5, 0.6) is 0 Å². The Labute approximate surface area is 76.8 Å². The molecule has 13 heavy (non-hydrogen) atoms. The van der Waals surface area contributed by atoms with Crippen LogP contribution < -0.4 is 10.6 Å². The van der Waals surface area contributed by atoms with Crippen LogP contribution in [-0.4, -0.2) is 44.4 Å². The van der Waals surface area contributed by atoms with Gasteiger partial charge in [0.15, 0.2) is 6.17 Å². The van der Waals surface area contributed by atoms with Gasteiger partial charge in [0.2, 0.25) is 0 Å². The van der Waals surface area contributed by atoms with Crippen molar-refractivity contribution in [2.45, 2.75) is 19.1 Å². The predicted octanol–water partition coefficient (Wildman–Crippen LogP) is -0.551. The number of nitrogens with one attached hydrogen (secondary N) is 2. The molecule has 0 amide bonds. The van der Waals surface area contributed by atoms with Crippen molar-refractivity contribution in [2.75, 3.05) is 26.2 Å². The van der Waals surface area contributed by atoms with Crippen molar-refractivity contribution < 1.29 is 13.9 Å². The van der Waals surface area contributed by atoms with Crippen LogP contribution in [0.15, 0.2) is 0 Å². The summed E-state index contributed by atoms with van der Waals surface area (Å²) in [5.41, 5.74) is 0. The van der Waals surface area contributed by atoms with Gasteiger partial charge >= 0.3 is 5.97 Å². The molecule has 0 unspecified atom stereocenters. The topological polar surface area (TPSA) is 50.4 Å². The standard InChI is InChI=1S/C8H15FN2O2/c1-6(12)13-5-7(9)8-4-10-2-3-11-8/h7-8,10-11H,2-5H2,1H3/t7-,8+/m1/s1. The molecule has 5 heteroatoms. The van der Waals surface area contributed by atoms with Gasteiger partial charge in [-0.15, -0.1) is 0 Å². The Kier molecular flexibility index (Phi) is 4.11. The van der Waals surface area contributed by atoms with Gasteiger partial charge in [-0.3, -0.25) is 4.79 Å². The molecule has 0 saturated carbocycles. The number of carbonyl (C=O) groups is 1. The molecule has 4 nitrogen and oxygen atoms in total. The highest BCUT2D eigenvalue weighted by Gasteiger charge is 2.23. The van der Waals surface area contributed by atoms with E-state index in [0.29, 0.717) is 6.54 Å². The maximum Gasteiger partial charge on any atom is 0.302 e. The Hall–Kier alpha value is -0.680. The fourth-order valence-electron chi connectivity index (χ4n) is 1.24. The van der Waals surface area contributed by atoms with E-state index in [1.807, 2.05) is 0 Å². The van der Waals surface area contributed by atoms with Gasteiger partial charge in [0.05, 0.1) is 6.04 Å². The average molecular weight is 190 g/mol. The molecule has 0 aliphatic carbocycles. The van der Waals surface area contributed by atoms with Crippen molar-refractivity contribution in [3.8, 4) is 0 Å². The number of hydrogen-bond donors (Lipinski definition) is 2. The second-order valence-corrected chi connectivity index (χ2v) is 3.08. The first-order valence-corrected chi connectivity index (χ1v) is 4.41. The summed E-state index contributed by atoms with van der Waals surface area (Å²) in [5.74, 6) is -0.439. The van der Waals surface area contributed by atoms with Crippen LogP contribution in [0.2, 0.25) is 0 Å². The van der Waals surface area contributed by atoms with Crippen molar-refractivity contribution in [2.24, 2.45) is 0 Å². The van der Waals surface area contributed by atoms with Gasteiger partial charge in [-0.05, 0) is 0 Å². The minimum Gasteiger partial charge on any atom is -0.463 e. The number of rotatable bonds is 3. The van der Waals surface area contributed by atoms with Crippen molar-refractivity contribution >= 4 is 5.97 Å². The fraction of sp³-hybridized carbons (Fsp3) is 0.875. The van der Waals surface area contributed by atoms with Gasteiger partial charge in [-0.1, -0.05) is 0 Å². The summed E-state index contributed by atoms with van der Waals surface area (Å²) >= 11 is 0. The molecule has 2 N–H and O–H groups in total. The number of halogens is 1. The van der Waals surface area contributed by atoms with Gasteiger partial charge in [0.25, 0.3) is 0 Å². The molecule has 0 aromatic carbocycles. The van der Waals surface area contributed by atoms with Crippen LogP contribution in [-0.2, 0) is 9.53 Å². The lowest BCUT2D eigenvalue weighted by molar-refractivity contribution is -0.143. The summed E-state index contributed by atoms with van der Waals surface area (Å²) in [7, 11) is 0. The smallest absolute Gasteiger partial charge is 0.302 e. The second kappa shape index (κ2) is 5.14. The van der Waals surface area contributed by atoms with E-state index in [1.54, 1.807) is 0 Å². The Bertz CT molecular complexity index is 172. The van der Waals surface area contributed by atoms with Gasteiger partial charge in [-0.2, -0.15) is 0 Å². The van der Waals surface area contributed by atoms with Crippen LogP contribution in [0.25, 0.3) is 0 Å². The third kappa shape index (κ3) is 3.69. The summed E-state index contributed by atoms with van der Waals surface area (Å²) in [6, 6.07) is -0.243. The molecule has 2 atom stereocenters. The predicted molar refractivity (Wildman–Crippen MR) is 46.2 cm³/mol. The molecule has 1 rings (SSSR count). The molecule has 1 heterocycles. The molecule has 0 aromatic rings. The van der Waals surface area contributed by atoms with Crippen molar-refractivity contribution in [1.29, 1.82) is 0 Å². The first-order valence-electron chi connectivity index (χ1n) is 4.41. The first-order chi connectivity index (χ1) is 6.20. The van der Waals surface area contributed by atoms with Gasteiger partial charge in [-0.25, -0.2) is 4.39 Å². The highest BCUT2D eigenvalue weighted by Crippen LogP contribution is 2.01. The van der Waals surface area contributed by atoms with Crippen LogP contribution in [0.3, 0.4) is 0 Å². The Morgan fingerprint density at radius 3 is 3.00 bits per heavy atom. The summed E-state index contributed by atoms with van der Waals surface area (Å²) in [6.45, 7) is 3.32. The van der Waals surface area contributed by atoms with Crippen LogP contribution in [0, 0.1) is 0 Å². The first kappa shape index (κ1) is 10.4. The Balaban J connectivity index is 2.20. The number of piperazine rings is 1. The van der Waals surface area contributed by atoms with Crippen molar-refractivity contribution in [3.05, 3.63) is 0 Å². The number of ether oxygens (including phenoxy) is 1. The monoisotopic (exact) mass is 190 g/mol. The molecule has 0 radical (unpaired) electrons. The van der Waals surface area contributed by atoms with E-state index in [9.17, 15) is 9.18 Å². The zero-order valence-electron chi connectivity index (χ0n) is 7.68. The minimum absolute atomic E-state index is 0.158. The highest BCUT2D eigenvalue weighted by molar-refractivity contribution is 5.65. The number of alkyl halides is 1. The van der Waals surface area contributed by atoms with Gasteiger partial charge < -0.3 is 15.4 Å². The SMILES string of the molecule is CC(=O)OC[C@@H](F)[C@@H]1CNCCN1. The molecule has 76 valence electrons. The summed E-state index contributed by atoms with van der Waals surface area (Å²) in [6.07, 6.45) is -1.13. The van der Waals surface area contributed by atoms with Crippen molar-refractivity contribution in [3.63, 3.8) is 0 Å². The largest absolute Gasteiger partial charge is 0.463 e. The molecule has 0 aromatic heterocycles. The molecule has 0 spiro atoms. The van der Waals surface area contributed by atoms with Crippen LogP contribution in [0.4, 0.5) is 4.39 Å². The molecule has 0 bridgehead atoms. The quantitative estimate of drug-likeness (QED) is 0.586. The van der Waals surface area contributed by atoms with Gasteiger partial charge in [0, 0.05) is 26.6 Å². The third-order valence-electron chi connectivity index (χ3n) is 1.95. The normalized spacial score (nSPS) is 25.2. The molecular formula is C8H15FN2O2. The highest BCUT2D eigenvalue weighted by atomic mass is 19.1. The van der Waals surface area contributed by atoms with E-state index in [1.165, 1.54) is 6.92 Å². The maximum absolute atomic E-state index is 13.3. The number of hydrogen-bond acceptors (Lipinski definition) is 4. The molecule has 1 saturated heterocycles. The van der Waals surface area contributed by atoms with E-state index in [0.717, 1.165) is 13.1 Å². The summed E-state index contributed by atoms with van der Waals surface area (Å²) in [4.78, 5) is 10.4. The lowest BCUT2D eigenvalue weighted by atomic mass is 10.1. The van der Waals surface area contributed by atoms with E-state index in [4.69, 9.17) is 0 Å². The Morgan fingerprint density at radius 2 is 2.46 bits per heavy atom. The van der Waals surface area contributed by atoms with Crippen LogP contribution in [0.1, 0.15) is 6.92 Å². The fourth-order valence-corrected chi connectivity index (χ4v) is 1.24. The summed E-state index contributed by atoms with van der Waals surface area (Å²) in [5, 5.41) is 6.07. The lowest BCUT2D eigenvalue weighted by Gasteiger charge is -2.26. The maximum atomic E-state index is 13.3. The second-order valence-electron chi connectivity index (χ2n) is 3.08. The Morgan fingerprint density at radius 1 is 1.69 bits per heavy atom. The van der Waals surface area contributed by atoms with E-state index in [2.05, 4.69) is 15.4 Å². The van der Waals surface area contributed by atoms with E-state index < -0.39 is 12.1 Å². The minimum atomic E-state index is -1.13. The summed E-state index contributed by atoms with van der Waals surface area (Å²) < 4.78 is 17.8. The van der Waals surface area contributed by atoms with E-state index in [-0.39, 0.29) is 12.6 Å². The van der Waals surface area contributed by atoms with Crippen molar-refractivity contribution in [1.82, 2.24) is 10.6 Å². The molecule has 1 aliphatic rings. The zero-order valence-corrected chi connectivity index (χ0v) is 7.68. The molecular weight excluding hydrogens is 175 g/mol. The molecule has 1 aliphatic heterocycles. The van der Waals surface area contributed by atoms with E-state index >= 15 is 0 Å². The number of esters is 1. The zero-order chi connectivity index (χ0) is 9.68. The third-order valence-corrected chi connectivity index (χ3v) is 1.95. The average Bonchev–Trinajstić information content (AvgIpc) is 2.15. The van der Waals surface area contributed by atoms with Gasteiger partial charge in [0.1, 0.15) is 6.61 Å². The van der Waals surface area contributed by atoms with Crippen LogP contribution >= 0.6 is 0 Å². The molecule has 1 fully saturated rings. The number of carbonyl (C=O) groups excluding carboxylic acids is 1. The lowest BCUT2D eigenvalue weighted by Crippen LogP contribution is -2.53.